The van der Waals surface area contributed by atoms with Crippen LogP contribution in [-0.4, -0.2) is 46.8 Å². The second kappa shape index (κ2) is 10.6. The highest BCUT2D eigenvalue weighted by Gasteiger charge is 2.42. The van der Waals surface area contributed by atoms with Crippen molar-refractivity contribution in [1.29, 1.82) is 0 Å². The molecule has 0 radical (unpaired) electrons. The minimum absolute atomic E-state index is 0.0152. The summed E-state index contributed by atoms with van der Waals surface area (Å²) in [6.07, 6.45) is 2.88. The molecule has 0 amide bonds. The summed E-state index contributed by atoms with van der Waals surface area (Å²) in [5, 5.41) is 10.1. The van der Waals surface area contributed by atoms with Gasteiger partial charge in [-0.25, -0.2) is 0 Å². The Kier molecular flexibility index (Phi) is 10.6. The van der Waals surface area contributed by atoms with E-state index in [1.54, 1.807) is 0 Å². The van der Waals surface area contributed by atoms with Gasteiger partial charge in [-0.05, 0) is 92.9 Å². The van der Waals surface area contributed by atoms with Gasteiger partial charge in [-0.1, -0.05) is 27.7 Å². The molecule has 0 aromatic heterocycles. The second-order valence-corrected chi connectivity index (χ2v) is 12.5. The van der Waals surface area contributed by atoms with Crippen molar-refractivity contribution in [1.82, 2.24) is 0 Å². The first kappa shape index (κ1) is 29.8. The predicted octanol–water partition coefficient (Wildman–Crippen LogP) is 6.77. The van der Waals surface area contributed by atoms with Crippen molar-refractivity contribution in [3.05, 3.63) is 0 Å². The summed E-state index contributed by atoms with van der Waals surface area (Å²) in [6, 6.07) is 0. The Morgan fingerprint density at radius 2 is 1.17 bits per heavy atom. The Bertz CT molecular complexity index is 498. The Labute approximate surface area is 188 Å². The standard InChI is InChI=1S/C26H54O4/c1-19(2)29-20(3)17-23(7,8)25(11,12)28-16-15-22(5,6)26(13,14)30-21(4)18-24(9,10)27/h19-21,27H,15-18H2,1-14H3. The van der Waals surface area contributed by atoms with E-state index in [0.717, 1.165) is 12.8 Å². The zero-order chi connectivity index (χ0) is 24.2. The largest absolute Gasteiger partial charge is 0.390 e. The van der Waals surface area contributed by atoms with Crippen LogP contribution in [0.15, 0.2) is 0 Å². The third-order valence-corrected chi connectivity index (χ3v) is 7.03. The van der Waals surface area contributed by atoms with E-state index in [-0.39, 0.29) is 40.3 Å². The molecule has 0 aliphatic rings. The minimum Gasteiger partial charge on any atom is -0.390 e. The number of ether oxygens (including phenoxy) is 3. The second-order valence-electron chi connectivity index (χ2n) is 12.5. The quantitative estimate of drug-likeness (QED) is 0.330. The van der Waals surface area contributed by atoms with Gasteiger partial charge in [-0.15, -0.1) is 0 Å². The van der Waals surface area contributed by atoms with Crippen LogP contribution in [0.5, 0.6) is 0 Å². The molecule has 0 bridgehead atoms. The molecule has 0 spiro atoms. The van der Waals surface area contributed by atoms with E-state index in [0.29, 0.717) is 13.0 Å². The van der Waals surface area contributed by atoms with Crippen molar-refractivity contribution in [2.75, 3.05) is 6.61 Å². The van der Waals surface area contributed by atoms with E-state index in [1.807, 2.05) is 20.8 Å². The highest BCUT2D eigenvalue weighted by Crippen LogP contribution is 2.42. The number of rotatable bonds is 14. The Morgan fingerprint density at radius 1 is 0.667 bits per heavy atom. The van der Waals surface area contributed by atoms with Gasteiger partial charge in [-0.2, -0.15) is 0 Å². The fourth-order valence-electron chi connectivity index (χ4n) is 3.94. The highest BCUT2D eigenvalue weighted by molar-refractivity contribution is 4.92. The van der Waals surface area contributed by atoms with E-state index in [2.05, 4.69) is 76.2 Å². The fraction of sp³-hybridized carbons (Fsp3) is 1.00. The first-order chi connectivity index (χ1) is 13.1. The molecule has 1 N–H and O–H groups in total. The maximum atomic E-state index is 10.1. The molecule has 2 atom stereocenters. The zero-order valence-electron chi connectivity index (χ0n) is 22.7. The monoisotopic (exact) mass is 430 g/mol. The molecule has 30 heavy (non-hydrogen) atoms. The lowest BCUT2D eigenvalue weighted by atomic mass is 9.72. The summed E-state index contributed by atoms with van der Waals surface area (Å²) in [7, 11) is 0. The molecule has 4 nitrogen and oxygen atoms in total. The third-order valence-electron chi connectivity index (χ3n) is 7.03. The summed E-state index contributed by atoms with van der Waals surface area (Å²) in [5.74, 6) is 0. The van der Waals surface area contributed by atoms with Crippen LogP contribution >= 0.6 is 0 Å². The van der Waals surface area contributed by atoms with Crippen molar-refractivity contribution in [2.45, 2.75) is 151 Å². The molecule has 0 saturated heterocycles. The van der Waals surface area contributed by atoms with Gasteiger partial charge < -0.3 is 19.3 Å². The van der Waals surface area contributed by atoms with Crippen molar-refractivity contribution in [2.24, 2.45) is 10.8 Å². The van der Waals surface area contributed by atoms with E-state index in [9.17, 15) is 5.11 Å². The maximum absolute atomic E-state index is 10.1. The van der Waals surface area contributed by atoms with Gasteiger partial charge in [0.25, 0.3) is 0 Å². The van der Waals surface area contributed by atoms with Gasteiger partial charge >= 0.3 is 0 Å². The number of hydrogen-bond donors (Lipinski definition) is 1. The zero-order valence-corrected chi connectivity index (χ0v) is 22.7. The summed E-state index contributed by atoms with van der Waals surface area (Å²) in [4.78, 5) is 0. The molecule has 2 unspecified atom stereocenters. The molecular weight excluding hydrogens is 376 g/mol. The molecule has 0 fully saturated rings. The molecule has 0 rings (SSSR count). The minimum atomic E-state index is -0.727. The van der Waals surface area contributed by atoms with E-state index in [1.165, 1.54) is 0 Å². The van der Waals surface area contributed by atoms with Crippen LogP contribution in [0.25, 0.3) is 0 Å². The predicted molar refractivity (Wildman–Crippen MR) is 128 cm³/mol. The summed E-state index contributed by atoms with van der Waals surface area (Å²) >= 11 is 0. The lowest BCUT2D eigenvalue weighted by Gasteiger charge is -2.46. The van der Waals surface area contributed by atoms with Crippen LogP contribution in [0.4, 0.5) is 0 Å². The molecule has 0 aromatic carbocycles. The average Bonchev–Trinajstić information content (AvgIpc) is 2.41. The van der Waals surface area contributed by atoms with Crippen molar-refractivity contribution in [3.63, 3.8) is 0 Å². The summed E-state index contributed by atoms with van der Waals surface area (Å²) < 4.78 is 18.8. The Hall–Kier alpha value is -0.160. The van der Waals surface area contributed by atoms with Crippen LogP contribution < -0.4 is 0 Å². The first-order valence-electron chi connectivity index (χ1n) is 11.8. The molecule has 182 valence electrons. The van der Waals surface area contributed by atoms with Gasteiger partial charge in [0, 0.05) is 13.0 Å². The van der Waals surface area contributed by atoms with Gasteiger partial charge in [-0.3, -0.25) is 0 Å². The summed E-state index contributed by atoms with van der Waals surface area (Å²) in [6.45, 7) is 30.4. The summed E-state index contributed by atoms with van der Waals surface area (Å²) in [5.41, 5.74) is -1.42. The molecule has 0 saturated carbocycles. The number of aliphatic hydroxyl groups is 1. The molecule has 0 heterocycles. The topological polar surface area (TPSA) is 47.9 Å². The van der Waals surface area contributed by atoms with Crippen molar-refractivity contribution in [3.8, 4) is 0 Å². The average molecular weight is 431 g/mol. The highest BCUT2D eigenvalue weighted by atomic mass is 16.5. The van der Waals surface area contributed by atoms with Crippen LogP contribution in [0.2, 0.25) is 0 Å². The van der Waals surface area contributed by atoms with Gasteiger partial charge in [0.15, 0.2) is 0 Å². The fourth-order valence-corrected chi connectivity index (χ4v) is 3.94. The SMILES string of the molecule is CC(C)OC(C)CC(C)(C)C(C)(C)OCCC(C)(C)C(C)(C)OC(C)CC(C)(C)O. The third kappa shape index (κ3) is 9.97. The molecule has 0 aromatic rings. The van der Waals surface area contributed by atoms with Crippen molar-refractivity contribution < 1.29 is 19.3 Å². The smallest absolute Gasteiger partial charge is 0.0681 e. The lowest BCUT2D eigenvalue weighted by molar-refractivity contribution is -0.164. The van der Waals surface area contributed by atoms with Gasteiger partial charge in [0.05, 0.1) is 35.1 Å². The van der Waals surface area contributed by atoms with E-state index < -0.39 is 5.60 Å². The number of hydrogen-bond acceptors (Lipinski definition) is 4. The van der Waals surface area contributed by atoms with Crippen LogP contribution in [-0.2, 0) is 14.2 Å². The lowest BCUT2D eigenvalue weighted by Crippen LogP contribution is -2.47. The maximum Gasteiger partial charge on any atom is 0.0681 e. The molecule has 0 aliphatic heterocycles. The van der Waals surface area contributed by atoms with E-state index >= 15 is 0 Å². The van der Waals surface area contributed by atoms with E-state index in [4.69, 9.17) is 14.2 Å². The Morgan fingerprint density at radius 3 is 1.60 bits per heavy atom. The van der Waals surface area contributed by atoms with Crippen LogP contribution in [0.1, 0.15) is 116 Å². The molecule has 4 heteroatoms. The van der Waals surface area contributed by atoms with Crippen LogP contribution in [0, 0.1) is 10.8 Å². The molecular formula is C26H54O4. The molecule has 0 aliphatic carbocycles. The Balaban J connectivity index is 4.91. The van der Waals surface area contributed by atoms with Crippen molar-refractivity contribution >= 4 is 0 Å². The van der Waals surface area contributed by atoms with Gasteiger partial charge in [0.2, 0.25) is 0 Å². The normalized spacial score (nSPS) is 16.8. The first-order valence-corrected chi connectivity index (χ1v) is 11.8. The van der Waals surface area contributed by atoms with Crippen LogP contribution in [0.3, 0.4) is 0 Å². The van der Waals surface area contributed by atoms with Gasteiger partial charge in [0.1, 0.15) is 0 Å².